The number of carbonyl (C=O) groups excluding carboxylic acids is 1. The molecule has 1 heterocycles. The van der Waals surface area contributed by atoms with Gasteiger partial charge in [-0.15, -0.1) is 11.3 Å². The molecule has 0 spiro atoms. The van der Waals surface area contributed by atoms with E-state index in [-0.39, 0.29) is 15.5 Å². The van der Waals surface area contributed by atoms with Gasteiger partial charge < -0.3 is 0 Å². The minimum Gasteiger partial charge on any atom is -0.278 e. The Kier molecular flexibility index (Phi) is 6.13. The second-order valence-electron chi connectivity index (χ2n) is 5.73. The lowest BCUT2D eigenvalue weighted by molar-refractivity contribution is 0.0955. The summed E-state index contributed by atoms with van der Waals surface area (Å²) in [6, 6.07) is 16.5. The first-order valence-electron chi connectivity index (χ1n) is 8.13. The van der Waals surface area contributed by atoms with Crippen molar-refractivity contribution in [2.24, 2.45) is 5.10 Å². The Morgan fingerprint density at radius 2 is 1.75 bits per heavy atom. The number of hydrazone groups is 1. The Morgan fingerprint density at radius 1 is 1.04 bits per heavy atom. The third kappa shape index (κ3) is 4.78. The molecule has 0 saturated heterocycles. The lowest BCUT2D eigenvalue weighted by Gasteiger charge is -2.11. The molecule has 1 aromatic heterocycles. The van der Waals surface area contributed by atoms with Gasteiger partial charge in [-0.25, -0.2) is 13.8 Å². The average Bonchev–Trinajstić information content (AvgIpc) is 3.22. The van der Waals surface area contributed by atoms with E-state index in [0.717, 1.165) is 16.9 Å². The van der Waals surface area contributed by atoms with E-state index in [9.17, 15) is 13.2 Å². The number of hydrogen-bond donors (Lipinski definition) is 2. The molecule has 0 atom stereocenters. The number of anilines is 1. The summed E-state index contributed by atoms with van der Waals surface area (Å²) < 4.78 is 27.5. The van der Waals surface area contributed by atoms with Crippen molar-refractivity contribution in [3.8, 4) is 0 Å². The number of halogens is 1. The standard InChI is InChI=1S/C19H16ClN3O3S2/c1-13(14-8-10-15(20)11-9-14)21-22-19(24)16-5-2-3-6-17(16)23-28(25,26)18-7-4-12-27-18/h2-12,23H,1H3,(H,22,24). The summed E-state index contributed by atoms with van der Waals surface area (Å²) >= 11 is 6.96. The van der Waals surface area contributed by atoms with Crippen molar-refractivity contribution in [1.29, 1.82) is 0 Å². The predicted octanol–water partition coefficient (Wildman–Crippen LogP) is 4.36. The van der Waals surface area contributed by atoms with Crippen LogP contribution in [0.4, 0.5) is 5.69 Å². The Balaban J connectivity index is 1.79. The first kappa shape index (κ1) is 20.1. The molecule has 0 fully saturated rings. The van der Waals surface area contributed by atoms with Gasteiger partial charge in [0.05, 0.1) is 17.0 Å². The van der Waals surface area contributed by atoms with Crippen LogP contribution in [0, 0.1) is 0 Å². The molecule has 28 heavy (non-hydrogen) atoms. The molecule has 0 radical (unpaired) electrons. The van der Waals surface area contributed by atoms with E-state index in [2.05, 4.69) is 15.2 Å². The molecule has 0 saturated carbocycles. The van der Waals surface area contributed by atoms with Gasteiger partial charge in [0.2, 0.25) is 0 Å². The molecule has 2 N–H and O–H groups in total. The summed E-state index contributed by atoms with van der Waals surface area (Å²) in [4.78, 5) is 12.6. The summed E-state index contributed by atoms with van der Waals surface area (Å²) in [5.41, 5.74) is 4.18. The quantitative estimate of drug-likeness (QED) is 0.447. The van der Waals surface area contributed by atoms with Crippen LogP contribution in [0.2, 0.25) is 5.02 Å². The Bertz CT molecular complexity index is 1110. The van der Waals surface area contributed by atoms with Crippen LogP contribution >= 0.6 is 22.9 Å². The third-order valence-electron chi connectivity index (χ3n) is 3.76. The normalized spacial score (nSPS) is 11.9. The van der Waals surface area contributed by atoms with Crippen LogP contribution in [0.3, 0.4) is 0 Å². The maximum Gasteiger partial charge on any atom is 0.273 e. The highest BCUT2D eigenvalue weighted by Crippen LogP contribution is 2.22. The van der Waals surface area contributed by atoms with Gasteiger partial charge >= 0.3 is 0 Å². The zero-order chi connectivity index (χ0) is 20.1. The molecule has 144 valence electrons. The molecule has 0 aliphatic carbocycles. The number of sulfonamides is 1. The lowest BCUT2D eigenvalue weighted by Crippen LogP contribution is -2.22. The fraction of sp³-hybridized carbons (Fsp3) is 0.0526. The molecule has 0 aliphatic heterocycles. The minimum absolute atomic E-state index is 0.162. The van der Waals surface area contributed by atoms with Gasteiger partial charge in [-0.1, -0.05) is 41.9 Å². The van der Waals surface area contributed by atoms with Gasteiger partial charge in [-0.3, -0.25) is 9.52 Å². The number of thiophene rings is 1. The highest BCUT2D eigenvalue weighted by molar-refractivity contribution is 7.94. The van der Waals surface area contributed by atoms with Crippen LogP contribution in [0.25, 0.3) is 0 Å². The molecule has 0 bridgehead atoms. The summed E-state index contributed by atoms with van der Waals surface area (Å²) in [5, 5.41) is 6.36. The first-order valence-corrected chi connectivity index (χ1v) is 10.9. The first-order chi connectivity index (χ1) is 13.4. The van der Waals surface area contributed by atoms with Crippen LogP contribution in [0.1, 0.15) is 22.8 Å². The van der Waals surface area contributed by atoms with Crippen LogP contribution in [-0.4, -0.2) is 20.0 Å². The Hall–Kier alpha value is -2.68. The van der Waals surface area contributed by atoms with Gasteiger partial charge in [0, 0.05) is 5.02 Å². The smallest absolute Gasteiger partial charge is 0.273 e. The highest BCUT2D eigenvalue weighted by Gasteiger charge is 2.19. The van der Waals surface area contributed by atoms with Crippen LogP contribution < -0.4 is 10.1 Å². The van der Waals surface area contributed by atoms with Crippen molar-refractivity contribution < 1.29 is 13.2 Å². The lowest BCUT2D eigenvalue weighted by atomic mass is 10.1. The van der Waals surface area contributed by atoms with Crippen LogP contribution in [0.5, 0.6) is 0 Å². The molecule has 3 rings (SSSR count). The zero-order valence-electron chi connectivity index (χ0n) is 14.7. The topological polar surface area (TPSA) is 87.6 Å². The molecular weight excluding hydrogens is 418 g/mol. The van der Waals surface area contributed by atoms with E-state index in [0.29, 0.717) is 10.7 Å². The molecule has 0 aliphatic rings. The maximum absolute atomic E-state index is 12.6. The molecule has 6 nitrogen and oxygen atoms in total. The number of nitrogens with zero attached hydrogens (tertiary/aromatic N) is 1. The third-order valence-corrected chi connectivity index (χ3v) is 6.78. The fourth-order valence-electron chi connectivity index (χ4n) is 2.33. The number of rotatable bonds is 6. The van der Waals surface area contributed by atoms with Crippen molar-refractivity contribution in [2.45, 2.75) is 11.1 Å². The van der Waals surface area contributed by atoms with E-state index in [4.69, 9.17) is 11.6 Å². The van der Waals surface area contributed by atoms with Gasteiger partial charge in [-0.2, -0.15) is 5.10 Å². The van der Waals surface area contributed by atoms with E-state index in [1.165, 1.54) is 18.2 Å². The molecule has 1 amide bonds. The van der Waals surface area contributed by atoms with Gasteiger partial charge in [-0.05, 0) is 48.2 Å². The second kappa shape index (κ2) is 8.55. The molecular formula is C19H16ClN3O3S2. The Morgan fingerprint density at radius 3 is 2.43 bits per heavy atom. The monoisotopic (exact) mass is 433 g/mol. The summed E-state index contributed by atoms with van der Waals surface area (Å²) in [6.07, 6.45) is 0. The van der Waals surface area contributed by atoms with E-state index < -0.39 is 15.9 Å². The van der Waals surface area contributed by atoms with E-state index in [1.54, 1.807) is 54.8 Å². The summed E-state index contributed by atoms with van der Waals surface area (Å²) in [6.45, 7) is 1.74. The van der Waals surface area contributed by atoms with Gasteiger partial charge in [0.25, 0.3) is 15.9 Å². The number of carbonyl (C=O) groups is 1. The van der Waals surface area contributed by atoms with Crippen molar-refractivity contribution in [3.63, 3.8) is 0 Å². The number of amides is 1. The molecule has 0 unspecified atom stereocenters. The van der Waals surface area contributed by atoms with Gasteiger partial charge in [0.1, 0.15) is 4.21 Å². The molecule has 9 heteroatoms. The van der Waals surface area contributed by atoms with Crippen LogP contribution in [-0.2, 0) is 10.0 Å². The summed E-state index contributed by atoms with van der Waals surface area (Å²) in [7, 11) is -3.76. The predicted molar refractivity (Wildman–Crippen MR) is 113 cm³/mol. The number of nitrogens with one attached hydrogen (secondary N) is 2. The number of benzene rings is 2. The van der Waals surface area contributed by atoms with Gasteiger partial charge in [0.15, 0.2) is 0 Å². The SMILES string of the molecule is CC(=NNC(=O)c1ccccc1NS(=O)(=O)c1cccs1)c1ccc(Cl)cc1. The average molecular weight is 434 g/mol. The molecule has 2 aromatic carbocycles. The summed E-state index contributed by atoms with van der Waals surface area (Å²) in [5.74, 6) is -0.530. The maximum atomic E-state index is 12.6. The minimum atomic E-state index is -3.76. The van der Waals surface area contributed by atoms with E-state index in [1.807, 2.05) is 0 Å². The van der Waals surface area contributed by atoms with E-state index >= 15 is 0 Å². The zero-order valence-corrected chi connectivity index (χ0v) is 17.1. The highest BCUT2D eigenvalue weighted by atomic mass is 35.5. The van der Waals surface area contributed by atoms with Crippen molar-refractivity contribution in [2.75, 3.05) is 4.72 Å². The van der Waals surface area contributed by atoms with Crippen LogP contribution in [0.15, 0.2) is 75.4 Å². The van der Waals surface area contributed by atoms with Crippen molar-refractivity contribution in [1.82, 2.24) is 5.43 Å². The number of para-hydroxylation sites is 1. The largest absolute Gasteiger partial charge is 0.278 e. The Labute approximate surface area is 171 Å². The number of hydrogen-bond acceptors (Lipinski definition) is 5. The van der Waals surface area contributed by atoms with Crippen molar-refractivity contribution in [3.05, 3.63) is 82.2 Å². The molecule has 3 aromatic rings. The second-order valence-corrected chi connectivity index (χ2v) is 9.02. The van der Waals surface area contributed by atoms with Crippen molar-refractivity contribution >= 4 is 50.3 Å². The fourth-order valence-corrected chi connectivity index (χ4v) is 4.53.